The van der Waals surface area contributed by atoms with Crippen LogP contribution < -0.4 is 0 Å². The molecule has 1 fully saturated rings. The SMILES string of the molecule is CCOC(=O)C(C)=Nc1ccc(C(=O)N2CCOCC2)cc1. The molecule has 6 heteroatoms. The van der Waals surface area contributed by atoms with E-state index in [2.05, 4.69) is 4.99 Å². The van der Waals surface area contributed by atoms with E-state index in [1.54, 1.807) is 43.0 Å². The number of benzene rings is 1. The number of hydrogen-bond donors (Lipinski definition) is 0. The molecular weight excluding hydrogens is 284 g/mol. The van der Waals surface area contributed by atoms with E-state index in [1.165, 1.54) is 0 Å². The van der Waals surface area contributed by atoms with Gasteiger partial charge < -0.3 is 14.4 Å². The Morgan fingerprint density at radius 2 is 1.86 bits per heavy atom. The summed E-state index contributed by atoms with van der Waals surface area (Å²) in [7, 11) is 0. The smallest absolute Gasteiger partial charge is 0.352 e. The molecule has 2 rings (SSSR count). The molecule has 0 radical (unpaired) electrons. The van der Waals surface area contributed by atoms with Gasteiger partial charge in [-0.25, -0.2) is 9.79 Å². The molecule has 22 heavy (non-hydrogen) atoms. The van der Waals surface area contributed by atoms with Gasteiger partial charge in [0.25, 0.3) is 5.91 Å². The highest BCUT2D eigenvalue weighted by Gasteiger charge is 2.18. The Hall–Kier alpha value is -2.21. The molecule has 0 atom stereocenters. The minimum absolute atomic E-state index is 0.0130. The molecule has 6 nitrogen and oxygen atoms in total. The second-order valence-corrected chi connectivity index (χ2v) is 4.87. The third-order valence-electron chi connectivity index (χ3n) is 3.28. The number of carbonyl (C=O) groups is 2. The number of ether oxygens (including phenoxy) is 2. The van der Waals surface area contributed by atoms with Gasteiger partial charge in [-0.3, -0.25) is 4.79 Å². The molecule has 0 bridgehead atoms. The molecule has 0 spiro atoms. The number of nitrogens with zero attached hydrogens (tertiary/aromatic N) is 2. The summed E-state index contributed by atoms with van der Waals surface area (Å²) in [6.07, 6.45) is 0. The Bertz CT molecular complexity index is 560. The van der Waals surface area contributed by atoms with Gasteiger partial charge in [0.15, 0.2) is 0 Å². The van der Waals surface area contributed by atoms with Crippen LogP contribution in [0.2, 0.25) is 0 Å². The summed E-state index contributed by atoms with van der Waals surface area (Å²) in [5.74, 6) is -0.447. The van der Waals surface area contributed by atoms with E-state index < -0.39 is 5.97 Å². The summed E-state index contributed by atoms with van der Waals surface area (Å²) < 4.78 is 10.1. The molecule has 0 unspecified atom stereocenters. The summed E-state index contributed by atoms with van der Waals surface area (Å²) >= 11 is 0. The van der Waals surface area contributed by atoms with Gasteiger partial charge in [-0.2, -0.15) is 0 Å². The third-order valence-corrected chi connectivity index (χ3v) is 3.28. The average molecular weight is 304 g/mol. The van der Waals surface area contributed by atoms with Crippen molar-refractivity contribution in [3.05, 3.63) is 29.8 Å². The first-order chi connectivity index (χ1) is 10.6. The monoisotopic (exact) mass is 304 g/mol. The van der Waals surface area contributed by atoms with Crippen LogP contribution in [0, 0.1) is 0 Å². The fourth-order valence-corrected chi connectivity index (χ4v) is 2.10. The molecule has 1 amide bonds. The first-order valence-corrected chi connectivity index (χ1v) is 7.31. The number of esters is 1. The van der Waals surface area contributed by atoms with Gasteiger partial charge >= 0.3 is 5.97 Å². The first-order valence-electron chi connectivity index (χ1n) is 7.31. The van der Waals surface area contributed by atoms with Crippen molar-refractivity contribution in [1.82, 2.24) is 4.90 Å². The zero-order valence-corrected chi connectivity index (χ0v) is 12.9. The van der Waals surface area contributed by atoms with Crippen LogP contribution in [0.1, 0.15) is 24.2 Å². The summed E-state index contributed by atoms with van der Waals surface area (Å²) in [4.78, 5) is 29.7. The van der Waals surface area contributed by atoms with Crippen LogP contribution in [0.25, 0.3) is 0 Å². The van der Waals surface area contributed by atoms with Crippen molar-refractivity contribution in [3.8, 4) is 0 Å². The Kier molecular flexibility index (Phi) is 5.66. The zero-order chi connectivity index (χ0) is 15.9. The molecular formula is C16H20N2O4. The van der Waals surface area contributed by atoms with Gasteiger partial charge in [0.1, 0.15) is 5.71 Å². The number of hydrogen-bond acceptors (Lipinski definition) is 5. The molecule has 0 aliphatic carbocycles. The fraction of sp³-hybridized carbons (Fsp3) is 0.438. The lowest BCUT2D eigenvalue weighted by atomic mass is 10.1. The zero-order valence-electron chi connectivity index (χ0n) is 12.9. The molecule has 1 aromatic rings. The number of morpholine rings is 1. The van der Waals surface area contributed by atoms with Crippen LogP contribution in [-0.2, 0) is 14.3 Å². The highest BCUT2D eigenvalue weighted by atomic mass is 16.5. The molecule has 0 aromatic heterocycles. The Morgan fingerprint density at radius 3 is 2.45 bits per heavy atom. The molecule has 1 aromatic carbocycles. The Labute approximate surface area is 129 Å². The van der Waals surface area contributed by atoms with Crippen LogP contribution in [-0.4, -0.2) is 55.4 Å². The lowest BCUT2D eigenvalue weighted by molar-refractivity contribution is -0.135. The highest BCUT2D eigenvalue weighted by Crippen LogP contribution is 2.15. The maximum Gasteiger partial charge on any atom is 0.352 e. The normalized spacial score (nSPS) is 15.5. The van der Waals surface area contributed by atoms with Gasteiger partial charge in [-0.05, 0) is 38.1 Å². The topological polar surface area (TPSA) is 68.2 Å². The van der Waals surface area contributed by atoms with E-state index in [0.29, 0.717) is 44.2 Å². The molecule has 1 heterocycles. The van der Waals surface area contributed by atoms with Crippen LogP contribution >= 0.6 is 0 Å². The summed E-state index contributed by atoms with van der Waals surface area (Å²) in [6, 6.07) is 6.87. The highest BCUT2D eigenvalue weighted by molar-refractivity contribution is 6.35. The lowest BCUT2D eigenvalue weighted by Gasteiger charge is -2.26. The third kappa shape index (κ3) is 4.14. The maximum atomic E-state index is 12.3. The van der Waals surface area contributed by atoms with E-state index >= 15 is 0 Å². The second kappa shape index (κ2) is 7.70. The van der Waals surface area contributed by atoms with Crippen LogP contribution in [0.3, 0.4) is 0 Å². The van der Waals surface area contributed by atoms with E-state index in [1.807, 2.05) is 0 Å². The summed E-state index contributed by atoms with van der Waals surface area (Å²) in [5, 5.41) is 0. The molecule has 0 N–H and O–H groups in total. The van der Waals surface area contributed by atoms with Crippen molar-refractivity contribution in [2.24, 2.45) is 4.99 Å². The van der Waals surface area contributed by atoms with E-state index in [0.717, 1.165) is 0 Å². The summed E-state index contributed by atoms with van der Waals surface area (Å²) in [5.41, 5.74) is 1.51. The Balaban J connectivity index is 2.05. The fourth-order valence-electron chi connectivity index (χ4n) is 2.10. The van der Waals surface area contributed by atoms with Gasteiger partial charge in [-0.1, -0.05) is 0 Å². The number of aliphatic imine (C=N–C) groups is 1. The van der Waals surface area contributed by atoms with E-state index in [-0.39, 0.29) is 11.6 Å². The minimum Gasteiger partial charge on any atom is -0.462 e. The van der Waals surface area contributed by atoms with Crippen molar-refractivity contribution in [2.45, 2.75) is 13.8 Å². The van der Waals surface area contributed by atoms with Crippen molar-refractivity contribution in [3.63, 3.8) is 0 Å². The lowest BCUT2D eigenvalue weighted by Crippen LogP contribution is -2.40. The molecule has 1 aliphatic rings. The van der Waals surface area contributed by atoms with E-state index in [4.69, 9.17) is 9.47 Å². The standard InChI is InChI=1S/C16H20N2O4/c1-3-22-16(20)12(2)17-14-6-4-13(5-7-14)15(19)18-8-10-21-11-9-18/h4-7H,3,8-11H2,1-2H3. The second-order valence-electron chi connectivity index (χ2n) is 4.87. The van der Waals surface area contributed by atoms with Gasteiger partial charge in [0.2, 0.25) is 0 Å². The molecule has 118 valence electrons. The van der Waals surface area contributed by atoms with Gasteiger partial charge in [0, 0.05) is 18.7 Å². The van der Waals surface area contributed by atoms with Crippen LogP contribution in [0.15, 0.2) is 29.3 Å². The summed E-state index contributed by atoms with van der Waals surface area (Å²) in [6.45, 7) is 6.04. The predicted molar refractivity (Wildman–Crippen MR) is 82.6 cm³/mol. The maximum absolute atomic E-state index is 12.3. The predicted octanol–water partition coefficient (Wildman–Crippen LogP) is 1.81. The number of amides is 1. The Morgan fingerprint density at radius 1 is 1.23 bits per heavy atom. The van der Waals surface area contributed by atoms with Crippen LogP contribution in [0.4, 0.5) is 5.69 Å². The van der Waals surface area contributed by atoms with Crippen LogP contribution in [0.5, 0.6) is 0 Å². The van der Waals surface area contributed by atoms with Gasteiger partial charge in [0.05, 0.1) is 25.5 Å². The van der Waals surface area contributed by atoms with Crippen molar-refractivity contribution >= 4 is 23.3 Å². The number of carbonyl (C=O) groups excluding carboxylic acids is 2. The van der Waals surface area contributed by atoms with Crippen molar-refractivity contribution < 1.29 is 19.1 Å². The average Bonchev–Trinajstić information content (AvgIpc) is 2.56. The first kappa shape index (κ1) is 16.2. The molecule has 0 saturated carbocycles. The minimum atomic E-state index is -0.434. The van der Waals surface area contributed by atoms with E-state index in [9.17, 15) is 9.59 Å². The quantitative estimate of drug-likeness (QED) is 0.628. The molecule has 1 aliphatic heterocycles. The van der Waals surface area contributed by atoms with Crippen molar-refractivity contribution in [2.75, 3.05) is 32.9 Å². The molecule has 1 saturated heterocycles. The van der Waals surface area contributed by atoms with Gasteiger partial charge in [-0.15, -0.1) is 0 Å². The van der Waals surface area contributed by atoms with Crippen molar-refractivity contribution in [1.29, 1.82) is 0 Å². The largest absolute Gasteiger partial charge is 0.462 e. The number of rotatable bonds is 4.